The minimum atomic E-state index is -1.18. The van der Waals surface area contributed by atoms with Crippen molar-refractivity contribution in [2.45, 2.75) is 27.7 Å². The summed E-state index contributed by atoms with van der Waals surface area (Å²) < 4.78 is 8.69. The molecule has 0 aromatic heterocycles. The third kappa shape index (κ3) is 4.56. The van der Waals surface area contributed by atoms with Crippen LogP contribution in [0.5, 0.6) is 0 Å². The summed E-state index contributed by atoms with van der Waals surface area (Å²) in [5, 5.41) is 21.2. The van der Waals surface area contributed by atoms with Crippen LogP contribution in [0.15, 0.2) is 59.0 Å². The molecule has 2 aromatic carbocycles. The first-order valence-electron chi connectivity index (χ1n) is 12.3. The number of fused-ring (bicyclic) bond motifs is 2. The topological polar surface area (TPSA) is 94.0 Å². The highest BCUT2D eigenvalue weighted by Gasteiger charge is 2.21. The second-order valence-electron chi connectivity index (χ2n) is 8.59. The molecule has 7 nitrogen and oxygen atoms in total. The Hall–Kier alpha value is -4.13. The van der Waals surface area contributed by atoms with Crippen LogP contribution >= 0.6 is 0 Å². The van der Waals surface area contributed by atoms with E-state index in [1.54, 1.807) is 6.07 Å². The third-order valence-electron chi connectivity index (χ3n) is 6.69. The summed E-state index contributed by atoms with van der Waals surface area (Å²) >= 11 is 0. The molecule has 7 heteroatoms. The number of hydrogen-bond acceptors (Lipinski definition) is 4. The first kappa shape index (κ1) is 25.0. The van der Waals surface area contributed by atoms with Gasteiger partial charge in [0.05, 0.1) is 17.2 Å². The van der Waals surface area contributed by atoms with Crippen LogP contribution in [0.2, 0.25) is 0 Å². The Bertz CT molecular complexity index is 1490. The van der Waals surface area contributed by atoms with Crippen molar-refractivity contribution in [3.05, 3.63) is 71.1 Å². The Morgan fingerprint density at radius 3 is 2.17 bits per heavy atom. The Kier molecular flexibility index (Phi) is 7.10. The largest absolute Gasteiger partial charge is 0.478 e. The van der Waals surface area contributed by atoms with E-state index in [1.165, 1.54) is 12.1 Å². The number of hydrogen-bond donors (Lipinski definition) is 2. The predicted molar refractivity (Wildman–Crippen MR) is 142 cm³/mol. The lowest BCUT2D eigenvalue weighted by Crippen LogP contribution is -2.29. The van der Waals surface area contributed by atoms with Gasteiger partial charge in [-0.05, 0) is 69.2 Å². The number of aromatic carboxylic acids is 2. The van der Waals surface area contributed by atoms with Crippen molar-refractivity contribution in [1.29, 1.82) is 0 Å². The normalized spacial score (nSPS) is 11.1. The fraction of sp³-hybridized carbons (Fsp3) is 0.276. The second kappa shape index (κ2) is 10.2. The van der Waals surface area contributed by atoms with Gasteiger partial charge in [0.2, 0.25) is 5.36 Å². The van der Waals surface area contributed by atoms with Gasteiger partial charge in [0.15, 0.2) is 0 Å². The molecule has 0 spiro atoms. The number of rotatable bonds is 8. The molecule has 1 heterocycles. The monoisotopic (exact) mass is 487 g/mol. The molecule has 1 aliphatic heterocycles. The van der Waals surface area contributed by atoms with E-state index >= 15 is 0 Å². The van der Waals surface area contributed by atoms with Crippen molar-refractivity contribution in [3.63, 3.8) is 0 Å². The zero-order chi connectivity index (χ0) is 26.0. The summed E-state index contributed by atoms with van der Waals surface area (Å²) in [7, 11) is 0. The molecule has 186 valence electrons. The number of nitrogens with zero attached hydrogens (tertiary/aromatic N) is 2. The summed E-state index contributed by atoms with van der Waals surface area (Å²) in [4.78, 5) is 25.8. The van der Waals surface area contributed by atoms with Gasteiger partial charge in [-0.3, -0.25) is 0 Å². The summed E-state index contributed by atoms with van der Waals surface area (Å²) in [6.45, 7) is 11.7. The van der Waals surface area contributed by atoms with E-state index in [9.17, 15) is 19.8 Å². The molecule has 0 saturated heterocycles. The first-order valence-corrected chi connectivity index (χ1v) is 12.3. The van der Waals surface area contributed by atoms with Crippen LogP contribution in [-0.2, 0) is 0 Å². The number of carboxylic acid groups (broad SMARTS) is 2. The Balaban J connectivity index is 2.09. The minimum absolute atomic E-state index is 0.0649. The Morgan fingerprint density at radius 2 is 1.56 bits per heavy atom. The SMILES string of the molecule is CCN(CC)c1cc(-c2ccc(C(=O)O)cc2C(=O)O)c2cc3ccc(=[N+](CC)CC)cc-3oc2c1. The van der Waals surface area contributed by atoms with Crippen molar-refractivity contribution >= 4 is 28.6 Å². The zero-order valence-electron chi connectivity index (χ0n) is 21.0. The summed E-state index contributed by atoms with van der Waals surface area (Å²) in [6.07, 6.45) is 0. The Morgan fingerprint density at radius 1 is 0.833 bits per heavy atom. The van der Waals surface area contributed by atoms with Crippen LogP contribution in [0.1, 0.15) is 48.4 Å². The van der Waals surface area contributed by atoms with E-state index in [-0.39, 0.29) is 11.1 Å². The smallest absolute Gasteiger partial charge is 0.336 e. The van der Waals surface area contributed by atoms with Gasteiger partial charge in [0.25, 0.3) is 0 Å². The summed E-state index contributed by atoms with van der Waals surface area (Å²) in [5.41, 5.74) is 3.43. The molecule has 36 heavy (non-hydrogen) atoms. The maximum absolute atomic E-state index is 12.2. The standard InChI is InChI=1S/C29H30N2O5/c1-5-30(6-2)20-11-9-18-13-24-23(22-12-10-19(28(32)33)14-25(22)29(34)35)15-21(31(7-3)8-4)17-27(24)36-26(18)16-20/h9-17H,5-8H2,1-4H3,(H-,32,33,34,35)/p+1. The van der Waals surface area contributed by atoms with E-state index < -0.39 is 11.9 Å². The average Bonchev–Trinajstić information content (AvgIpc) is 2.88. The summed E-state index contributed by atoms with van der Waals surface area (Å²) in [5.74, 6) is -1.61. The van der Waals surface area contributed by atoms with Gasteiger partial charge in [-0.2, -0.15) is 0 Å². The number of carboxylic acids is 2. The molecule has 4 rings (SSSR count). The van der Waals surface area contributed by atoms with Crippen molar-refractivity contribution in [2.75, 3.05) is 31.1 Å². The molecule has 0 amide bonds. The van der Waals surface area contributed by atoms with E-state index in [4.69, 9.17) is 4.42 Å². The molecule has 1 aliphatic carbocycles. The van der Waals surface area contributed by atoms with Gasteiger partial charge in [-0.1, -0.05) is 6.07 Å². The summed E-state index contributed by atoms with van der Waals surface area (Å²) in [6, 6.07) is 16.3. The Labute approximate surface area is 209 Å². The molecule has 2 N–H and O–H groups in total. The molecule has 2 aliphatic rings. The molecule has 0 fully saturated rings. The van der Waals surface area contributed by atoms with Crippen LogP contribution in [-0.4, -0.2) is 48.3 Å². The van der Waals surface area contributed by atoms with E-state index in [0.29, 0.717) is 16.7 Å². The van der Waals surface area contributed by atoms with Crippen molar-refractivity contribution in [2.24, 2.45) is 0 Å². The van der Waals surface area contributed by atoms with Crippen LogP contribution in [0.4, 0.5) is 5.69 Å². The zero-order valence-corrected chi connectivity index (χ0v) is 21.0. The minimum Gasteiger partial charge on any atom is -0.478 e. The van der Waals surface area contributed by atoms with Crippen LogP contribution in [0, 0.1) is 0 Å². The molecule has 2 aromatic rings. The fourth-order valence-corrected chi connectivity index (χ4v) is 4.72. The molecule has 0 bridgehead atoms. The molecule has 0 saturated carbocycles. The first-order chi connectivity index (χ1) is 17.3. The predicted octanol–water partition coefficient (Wildman–Crippen LogP) is 5.26. The van der Waals surface area contributed by atoms with Crippen LogP contribution in [0.3, 0.4) is 0 Å². The molecule has 0 radical (unpaired) electrons. The third-order valence-corrected chi connectivity index (χ3v) is 6.69. The lowest BCUT2D eigenvalue weighted by molar-refractivity contribution is 0.0696. The van der Waals surface area contributed by atoms with Crippen molar-refractivity contribution in [1.82, 2.24) is 4.58 Å². The second-order valence-corrected chi connectivity index (χ2v) is 8.59. The maximum atomic E-state index is 12.2. The van der Waals surface area contributed by atoms with Crippen molar-refractivity contribution < 1.29 is 24.2 Å². The highest BCUT2D eigenvalue weighted by Crippen LogP contribution is 2.39. The van der Waals surface area contributed by atoms with E-state index in [1.807, 2.05) is 30.3 Å². The van der Waals surface area contributed by atoms with Crippen molar-refractivity contribution in [3.8, 4) is 22.5 Å². The maximum Gasteiger partial charge on any atom is 0.336 e. The molecular weight excluding hydrogens is 456 g/mol. The molecule has 0 unspecified atom stereocenters. The van der Waals surface area contributed by atoms with Gasteiger partial charge >= 0.3 is 11.9 Å². The van der Waals surface area contributed by atoms with Gasteiger partial charge < -0.3 is 19.5 Å². The highest BCUT2D eigenvalue weighted by atomic mass is 16.4. The highest BCUT2D eigenvalue weighted by molar-refractivity contribution is 6.06. The molecule has 0 atom stereocenters. The van der Waals surface area contributed by atoms with Crippen LogP contribution in [0.25, 0.3) is 33.4 Å². The fourth-order valence-electron chi connectivity index (χ4n) is 4.72. The van der Waals surface area contributed by atoms with E-state index in [2.05, 4.69) is 43.2 Å². The van der Waals surface area contributed by atoms with Gasteiger partial charge in [-0.25, -0.2) is 14.2 Å². The van der Waals surface area contributed by atoms with Gasteiger partial charge in [-0.15, -0.1) is 0 Å². The number of anilines is 1. The lowest BCUT2D eigenvalue weighted by Gasteiger charge is -2.23. The lowest BCUT2D eigenvalue weighted by atomic mass is 9.93. The molecular formula is C29H31N2O5+. The average molecular weight is 488 g/mol. The van der Waals surface area contributed by atoms with Crippen LogP contribution < -0.4 is 14.8 Å². The quantitative estimate of drug-likeness (QED) is 0.260. The van der Waals surface area contributed by atoms with Gasteiger partial charge in [0.1, 0.15) is 24.4 Å². The van der Waals surface area contributed by atoms with E-state index in [0.717, 1.165) is 53.9 Å². The van der Waals surface area contributed by atoms with Gasteiger partial charge in [0, 0.05) is 41.9 Å². The number of carbonyl (C=O) groups is 2. The number of benzene rings is 3.